The van der Waals surface area contributed by atoms with Gasteiger partial charge in [0.2, 0.25) is 0 Å². The van der Waals surface area contributed by atoms with Crippen molar-refractivity contribution in [3.63, 3.8) is 0 Å². The zero-order valence-electron chi connectivity index (χ0n) is 19.0. The molecule has 172 valence electrons. The number of ether oxygens (including phenoxy) is 1. The second-order valence-corrected chi connectivity index (χ2v) is 9.57. The van der Waals surface area contributed by atoms with Crippen LogP contribution >= 0.6 is 11.3 Å². The van der Waals surface area contributed by atoms with Gasteiger partial charge in [0.25, 0.3) is 0 Å². The maximum Gasteiger partial charge on any atom is 0.146 e. The summed E-state index contributed by atoms with van der Waals surface area (Å²) >= 11 is 1.69. The SMILES string of the molecule is Cc1sc2nc(CN3CCOCC3)nc(N[C@H](c3ccc(F)cc3)c3nccn3C)c2c1C. The molecule has 1 aliphatic rings. The molecule has 4 heterocycles. The monoisotopic (exact) mass is 466 g/mol. The normalized spacial score (nSPS) is 15.8. The summed E-state index contributed by atoms with van der Waals surface area (Å²) in [5.74, 6) is 2.12. The molecule has 0 aliphatic carbocycles. The first-order valence-corrected chi connectivity index (χ1v) is 11.9. The quantitative estimate of drug-likeness (QED) is 0.459. The highest BCUT2D eigenvalue weighted by molar-refractivity contribution is 7.18. The number of hydrogen-bond acceptors (Lipinski definition) is 7. The third-order valence-corrected chi connectivity index (χ3v) is 7.25. The van der Waals surface area contributed by atoms with Gasteiger partial charge >= 0.3 is 0 Å². The maximum absolute atomic E-state index is 13.7. The standard InChI is InChI=1S/C24H27FN6OS/c1-15-16(2)33-24-20(15)22(27-19(28-24)14-31-10-12-32-13-11-31)29-21(23-26-8-9-30(23)3)17-4-6-18(25)7-5-17/h4-9,21H,10-14H2,1-3H3,(H,27,28,29)/t21-/m1/s1. The third-order valence-electron chi connectivity index (χ3n) is 6.14. The average Bonchev–Trinajstić information content (AvgIpc) is 3.36. The van der Waals surface area contributed by atoms with Crippen molar-refractivity contribution in [3.05, 3.63) is 70.1 Å². The van der Waals surface area contributed by atoms with E-state index in [0.717, 1.165) is 59.6 Å². The number of nitrogens with one attached hydrogen (secondary N) is 1. The van der Waals surface area contributed by atoms with Crippen LogP contribution < -0.4 is 5.32 Å². The van der Waals surface area contributed by atoms with Gasteiger partial charge in [-0.2, -0.15) is 0 Å². The highest BCUT2D eigenvalue weighted by atomic mass is 32.1. The Kier molecular flexibility index (Phi) is 6.09. The van der Waals surface area contributed by atoms with Gasteiger partial charge in [-0.1, -0.05) is 12.1 Å². The molecule has 7 nitrogen and oxygen atoms in total. The lowest BCUT2D eigenvalue weighted by Gasteiger charge is -2.26. The summed E-state index contributed by atoms with van der Waals surface area (Å²) in [6.45, 7) is 8.11. The molecule has 0 unspecified atom stereocenters. The molecule has 0 saturated carbocycles. The molecule has 1 aromatic carbocycles. The molecule has 1 fully saturated rings. The van der Waals surface area contributed by atoms with E-state index >= 15 is 0 Å². The summed E-state index contributed by atoms with van der Waals surface area (Å²) in [6, 6.07) is 6.25. The van der Waals surface area contributed by atoms with Gasteiger partial charge in [-0.3, -0.25) is 4.90 Å². The molecule has 3 aromatic heterocycles. The Bertz CT molecular complexity index is 1260. The number of fused-ring (bicyclic) bond motifs is 1. The number of halogens is 1. The number of imidazole rings is 1. The summed E-state index contributed by atoms with van der Waals surface area (Å²) in [7, 11) is 1.96. The van der Waals surface area contributed by atoms with E-state index in [0.29, 0.717) is 6.54 Å². The molecule has 1 atom stereocenters. The molecule has 4 aromatic rings. The van der Waals surface area contributed by atoms with Crippen molar-refractivity contribution >= 4 is 27.4 Å². The molecular formula is C24H27FN6OS. The van der Waals surface area contributed by atoms with Crippen molar-refractivity contribution in [1.82, 2.24) is 24.4 Å². The lowest BCUT2D eigenvalue weighted by molar-refractivity contribution is 0.0331. The Morgan fingerprint density at radius 2 is 1.91 bits per heavy atom. The summed E-state index contributed by atoms with van der Waals surface area (Å²) in [6.07, 6.45) is 3.68. The van der Waals surface area contributed by atoms with E-state index in [1.54, 1.807) is 29.7 Å². The van der Waals surface area contributed by atoms with Crippen LogP contribution in [0.3, 0.4) is 0 Å². The van der Waals surface area contributed by atoms with E-state index in [1.807, 2.05) is 17.8 Å². The first-order valence-electron chi connectivity index (χ1n) is 11.1. The predicted molar refractivity (Wildman–Crippen MR) is 128 cm³/mol. The number of nitrogens with zero attached hydrogens (tertiary/aromatic N) is 5. The second kappa shape index (κ2) is 9.17. The minimum Gasteiger partial charge on any atom is -0.379 e. The fraction of sp³-hybridized carbons (Fsp3) is 0.375. The molecular weight excluding hydrogens is 439 g/mol. The average molecular weight is 467 g/mol. The van der Waals surface area contributed by atoms with Crippen LogP contribution in [0.15, 0.2) is 36.7 Å². The van der Waals surface area contributed by atoms with E-state index in [9.17, 15) is 4.39 Å². The van der Waals surface area contributed by atoms with E-state index in [2.05, 4.69) is 29.0 Å². The van der Waals surface area contributed by atoms with Gasteiger partial charge in [0.15, 0.2) is 0 Å². The van der Waals surface area contributed by atoms with Gasteiger partial charge in [0, 0.05) is 37.4 Å². The summed E-state index contributed by atoms with van der Waals surface area (Å²) < 4.78 is 21.1. The molecule has 1 N–H and O–H groups in total. The van der Waals surface area contributed by atoms with Gasteiger partial charge in [0.05, 0.1) is 25.1 Å². The molecule has 1 aliphatic heterocycles. The van der Waals surface area contributed by atoms with Crippen LogP contribution in [-0.2, 0) is 18.3 Å². The summed E-state index contributed by atoms with van der Waals surface area (Å²) in [5.41, 5.74) is 2.09. The number of rotatable bonds is 6. The zero-order chi connectivity index (χ0) is 22.9. The van der Waals surface area contributed by atoms with Crippen LogP contribution in [0, 0.1) is 19.7 Å². The minimum absolute atomic E-state index is 0.265. The van der Waals surface area contributed by atoms with Crippen LogP contribution in [0.25, 0.3) is 10.2 Å². The molecule has 0 spiro atoms. The van der Waals surface area contributed by atoms with Gasteiger partial charge in [-0.25, -0.2) is 19.3 Å². The van der Waals surface area contributed by atoms with E-state index in [-0.39, 0.29) is 11.9 Å². The second-order valence-electron chi connectivity index (χ2n) is 8.37. The molecule has 0 bridgehead atoms. The lowest BCUT2D eigenvalue weighted by atomic mass is 10.1. The maximum atomic E-state index is 13.7. The number of aryl methyl sites for hydroxylation is 3. The Morgan fingerprint density at radius 1 is 1.15 bits per heavy atom. The van der Waals surface area contributed by atoms with Crippen molar-refractivity contribution < 1.29 is 9.13 Å². The predicted octanol–water partition coefficient (Wildman–Crippen LogP) is 4.21. The van der Waals surface area contributed by atoms with Crippen LogP contribution in [0.1, 0.15) is 33.7 Å². The highest BCUT2D eigenvalue weighted by Crippen LogP contribution is 2.36. The van der Waals surface area contributed by atoms with Crippen molar-refractivity contribution in [2.45, 2.75) is 26.4 Å². The molecule has 5 rings (SSSR count). The number of thiophene rings is 1. The number of morpholine rings is 1. The molecule has 1 saturated heterocycles. The van der Waals surface area contributed by atoms with E-state index in [1.165, 1.54) is 22.6 Å². The van der Waals surface area contributed by atoms with Crippen molar-refractivity contribution in [2.24, 2.45) is 7.05 Å². The number of benzene rings is 1. The molecule has 9 heteroatoms. The van der Waals surface area contributed by atoms with E-state index < -0.39 is 0 Å². The fourth-order valence-corrected chi connectivity index (χ4v) is 5.22. The van der Waals surface area contributed by atoms with Crippen LogP contribution in [0.4, 0.5) is 10.2 Å². The van der Waals surface area contributed by atoms with Gasteiger partial charge in [-0.15, -0.1) is 11.3 Å². The topological polar surface area (TPSA) is 68.1 Å². The van der Waals surface area contributed by atoms with Crippen molar-refractivity contribution in [2.75, 3.05) is 31.6 Å². The van der Waals surface area contributed by atoms with E-state index in [4.69, 9.17) is 14.7 Å². The molecule has 33 heavy (non-hydrogen) atoms. The number of hydrogen-bond donors (Lipinski definition) is 1. The molecule has 0 amide bonds. The minimum atomic E-state index is -0.292. The number of aromatic nitrogens is 4. The lowest BCUT2D eigenvalue weighted by Crippen LogP contribution is -2.36. The largest absolute Gasteiger partial charge is 0.379 e. The zero-order valence-corrected chi connectivity index (χ0v) is 19.8. The summed E-state index contributed by atoms with van der Waals surface area (Å²) in [4.78, 5) is 19.0. The Balaban J connectivity index is 1.58. The van der Waals surface area contributed by atoms with Crippen LogP contribution in [0.2, 0.25) is 0 Å². The van der Waals surface area contributed by atoms with Crippen LogP contribution in [-0.4, -0.2) is 50.7 Å². The Labute approximate surface area is 196 Å². The first kappa shape index (κ1) is 21.9. The highest BCUT2D eigenvalue weighted by Gasteiger charge is 2.23. The Hall–Kier alpha value is -2.88. The first-order chi connectivity index (χ1) is 16.0. The van der Waals surface area contributed by atoms with Crippen molar-refractivity contribution in [3.8, 4) is 0 Å². The Morgan fingerprint density at radius 3 is 2.61 bits per heavy atom. The smallest absolute Gasteiger partial charge is 0.146 e. The van der Waals surface area contributed by atoms with Crippen LogP contribution in [0.5, 0.6) is 0 Å². The van der Waals surface area contributed by atoms with Gasteiger partial charge in [0.1, 0.15) is 34.2 Å². The molecule has 0 radical (unpaired) electrons. The van der Waals surface area contributed by atoms with Gasteiger partial charge < -0.3 is 14.6 Å². The van der Waals surface area contributed by atoms with Crippen molar-refractivity contribution in [1.29, 1.82) is 0 Å². The number of anilines is 1. The third kappa shape index (κ3) is 4.48. The summed E-state index contributed by atoms with van der Waals surface area (Å²) in [5, 5.41) is 4.67. The van der Waals surface area contributed by atoms with Gasteiger partial charge in [-0.05, 0) is 37.1 Å². The fourth-order valence-electron chi connectivity index (χ4n) is 4.17.